The summed E-state index contributed by atoms with van der Waals surface area (Å²) >= 11 is 0. The minimum atomic E-state index is -0.239. The second-order valence-corrected chi connectivity index (χ2v) is 34.5. The summed E-state index contributed by atoms with van der Waals surface area (Å²) in [6.45, 7) is 20.7. The molecule has 11 aromatic carbocycles. The lowest BCUT2D eigenvalue weighted by Gasteiger charge is -2.30. The van der Waals surface area contributed by atoms with E-state index in [2.05, 4.69) is 100 Å². The van der Waals surface area contributed by atoms with E-state index in [0.717, 1.165) is 230 Å². The van der Waals surface area contributed by atoms with E-state index in [4.69, 9.17) is 33.5 Å². The maximum Gasteiger partial charge on any atom is 0.255 e. The molecule has 144 heavy (non-hydrogen) atoms. The summed E-state index contributed by atoms with van der Waals surface area (Å²) in [5.41, 5.74) is 20.5. The van der Waals surface area contributed by atoms with Crippen molar-refractivity contribution in [1.82, 2.24) is 48.6 Å². The predicted octanol–water partition coefficient (Wildman–Crippen LogP) is 20.2. The number of hydrogen-bond acceptors (Lipinski definition) is 18. The first-order valence-corrected chi connectivity index (χ1v) is 48.3. The molecule has 16 aromatic rings. The van der Waals surface area contributed by atoms with Crippen LogP contribution in [0.3, 0.4) is 0 Å². The number of likely N-dealkylation sites (tertiary alicyclic amines) is 1. The monoisotopic (exact) mass is 1920 g/mol. The Bertz CT molecular complexity index is 7620. The van der Waals surface area contributed by atoms with E-state index in [9.17, 15) is 50.3 Å². The largest absolute Gasteiger partial charge is 0.497 e. The van der Waals surface area contributed by atoms with Crippen LogP contribution >= 0.6 is 0 Å². The van der Waals surface area contributed by atoms with Gasteiger partial charge < -0.3 is 82.5 Å². The molecule has 0 atom stereocenters. The van der Waals surface area contributed by atoms with Gasteiger partial charge in [-0.05, 0) is 228 Å². The van der Waals surface area contributed by atoms with Crippen LogP contribution in [0.1, 0.15) is 140 Å². The van der Waals surface area contributed by atoms with Crippen molar-refractivity contribution in [3.05, 3.63) is 298 Å². The summed E-state index contributed by atoms with van der Waals surface area (Å²) in [4.78, 5) is 66.0. The van der Waals surface area contributed by atoms with Gasteiger partial charge in [-0.3, -0.25) is 28.9 Å². The quantitative estimate of drug-likeness (QED) is 0.0284. The first-order chi connectivity index (χ1) is 70.3. The van der Waals surface area contributed by atoms with Crippen LogP contribution in [0.2, 0.25) is 0 Å². The van der Waals surface area contributed by atoms with Gasteiger partial charge in [-0.15, -0.1) is 0 Å². The molecule has 28 nitrogen and oxygen atoms in total. The van der Waals surface area contributed by atoms with Gasteiger partial charge in [-0.2, -0.15) is 26.3 Å². The third kappa shape index (κ3) is 21.9. The summed E-state index contributed by atoms with van der Waals surface area (Å²) in [5.74, 6) is 3.32. The molecule has 5 aromatic heterocycles. The Kier molecular flexibility index (Phi) is 33.2. The van der Waals surface area contributed by atoms with E-state index in [-0.39, 0.29) is 42.7 Å². The van der Waals surface area contributed by atoms with Gasteiger partial charge >= 0.3 is 0 Å². The Morgan fingerprint density at radius 1 is 0.361 bits per heavy atom. The number of rotatable bonds is 28. The van der Waals surface area contributed by atoms with Crippen molar-refractivity contribution in [3.8, 4) is 115 Å². The summed E-state index contributed by atoms with van der Waals surface area (Å²) in [6.07, 6.45) is 4.12. The Morgan fingerprint density at radius 2 is 0.653 bits per heavy atom. The number of aliphatic hydroxyl groups is 1. The highest BCUT2D eigenvalue weighted by Gasteiger charge is 2.29. The number of nitrogens with zero attached hydrogens (tertiary/aromatic N) is 12. The zero-order chi connectivity index (χ0) is 102. The Labute approximate surface area is 836 Å². The van der Waals surface area contributed by atoms with Crippen LogP contribution in [0.4, 0.5) is 5.69 Å². The van der Waals surface area contributed by atoms with Gasteiger partial charge in [0.2, 0.25) is 0 Å². The molecular weight excluding hydrogens is 1810 g/mol. The molecule has 5 amide bonds. The number of hydrogen-bond donors (Lipinski definition) is 5. The number of amides is 5. The van der Waals surface area contributed by atoms with Gasteiger partial charge in [0.25, 0.3) is 29.5 Å². The Hall–Kier alpha value is -17.2. The van der Waals surface area contributed by atoms with E-state index in [1.807, 2.05) is 237 Å². The molecule has 3 aliphatic rings. The fourth-order valence-corrected chi connectivity index (χ4v) is 18.5. The lowest BCUT2D eigenvalue weighted by Crippen LogP contribution is -2.41. The highest BCUT2D eigenvalue weighted by molar-refractivity contribution is 6.06. The normalized spacial score (nSPS) is 12.4. The molecule has 1 aliphatic carbocycles. The first-order valence-electron chi connectivity index (χ1n) is 48.3. The van der Waals surface area contributed by atoms with E-state index in [1.165, 1.54) is 0 Å². The zero-order valence-electron chi connectivity index (χ0n) is 82.4. The number of nitriles is 5. The number of morpholine rings is 1. The number of carbonyl (C=O) groups excluding carboxylic acids is 5. The van der Waals surface area contributed by atoms with Crippen LogP contribution in [0, 0.1) is 56.7 Å². The highest BCUT2D eigenvalue weighted by Crippen LogP contribution is 2.43. The molecule has 0 spiro atoms. The number of ether oxygens (including phenoxy) is 6. The standard InChI is InChI=1S/C26H30N4O3.C25H21N3O2.2C22H21N3O2.C21H21N3O3/c1-3-30-24-17-21(32-2)9-10-22(24)23(18-27)25(30)19-5-7-20(8-6-19)26(31)28-11-4-12-29-13-15-33-16-14-29;1-3-28-23-15-20(30-2)13-14-21(23)22(16-26)24(28)17-9-11-18(12-10-17)25(29)27-19-7-5-4-6-8-19;1-3-25-20-13-17(27-2)9-10-18(20)19(14-23)21(25)15-5-7-16(8-6-15)22(26)24-11-4-12-24;1-3-25-20-12-17(27-2)10-11-18(20)19(13-23)21(25)14-4-6-15(7-5-14)22(26)24-16-8-9-16;1-3-24-19-12-16(27-2)8-9-17(19)18(13-22)20(24)14-4-6-15(7-5-14)21(26)23-10-11-25/h5-10,17H,3-4,11-16H2,1-2H3,(H,28,31);4-15H,3H2,1-2H3,(H,27,29);5-10,13H,3-4,11-12H2,1-2H3;4-7,10-12,16H,3,8-9H2,1-2H3,(H,24,26);4-9,12,25H,3,10-11H2,1-2H3,(H,23,26). The van der Waals surface area contributed by atoms with Crippen LogP contribution in [-0.4, -0.2) is 175 Å². The molecule has 3 fully saturated rings. The van der Waals surface area contributed by atoms with Gasteiger partial charge in [0.15, 0.2) is 0 Å². The van der Waals surface area contributed by atoms with Gasteiger partial charge in [0.1, 0.15) is 59.1 Å². The average molecular weight is 1920 g/mol. The molecule has 2 saturated heterocycles. The van der Waals surface area contributed by atoms with Crippen molar-refractivity contribution in [1.29, 1.82) is 26.3 Å². The number of aromatic nitrogens is 5. The Balaban J connectivity index is 0.000000136. The fourth-order valence-electron chi connectivity index (χ4n) is 18.5. The van der Waals surface area contributed by atoms with Crippen molar-refractivity contribution in [2.45, 2.75) is 99.1 Å². The highest BCUT2D eigenvalue weighted by atomic mass is 16.5. The summed E-state index contributed by atoms with van der Waals surface area (Å²) in [5, 5.41) is 74.0. The van der Waals surface area contributed by atoms with E-state index < -0.39 is 0 Å². The van der Waals surface area contributed by atoms with Gasteiger partial charge in [-0.25, -0.2) is 0 Å². The number of fused-ring (bicyclic) bond motifs is 5. The van der Waals surface area contributed by atoms with Crippen LogP contribution in [0.5, 0.6) is 28.7 Å². The van der Waals surface area contributed by atoms with Crippen LogP contribution in [0.25, 0.3) is 111 Å². The molecule has 7 heterocycles. The molecule has 0 bridgehead atoms. The van der Waals surface area contributed by atoms with Crippen LogP contribution < -0.4 is 45.0 Å². The predicted molar refractivity (Wildman–Crippen MR) is 561 cm³/mol. The maximum atomic E-state index is 12.6. The second kappa shape index (κ2) is 47.2. The topological polar surface area (TPSA) is 359 Å². The minimum Gasteiger partial charge on any atom is -0.497 e. The molecule has 28 heteroatoms. The summed E-state index contributed by atoms with van der Waals surface area (Å²) in [6, 6.07) is 87.2. The molecule has 19 rings (SSSR count). The molecule has 2 aliphatic heterocycles. The van der Waals surface area contributed by atoms with Crippen molar-refractivity contribution in [2.24, 2.45) is 0 Å². The smallest absolute Gasteiger partial charge is 0.255 e. The van der Waals surface area contributed by atoms with E-state index >= 15 is 0 Å². The van der Waals surface area contributed by atoms with E-state index in [0.29, 0.717) is 87.9 Å². The van der Waals surface area contributed by atoms with E-state index in [1.54, 1.807) is 59.8 Å². The molecule has 730 valence electrons. The molecule has 0 unspecified atom stereocenters. The third-order valence-corrected chi connectivity index (χ3v) is 26.1. The number of aliphatic hydroxyl groups excluding tert-OH is 1. The summed E-state index contributed by atoms with van der Waals surface area (Å²) in [7, 11) is 8.16. The fraction of sp³-hybridized carbons (Fsp3) is 0.259. The summed E-state index contributed by atoms with van der Waals surface area (Å²) < 4.78 is 42.7. The van der Waals surface area contributed by atoms with Crippen molar-refractivity contribution in [3.63, 3.8) is 0 Å². The van der Waals surface area contributed by atoms with Crippen LogP contribution in [0.15, 0.2) is 243 Å². The zero-order valence-corrected chi connectivity index (χ0v) is 82.4. The van der Waals surface area contributed by atoms with Crippen LogP contribution in [-0.2, 0) is 37.5 Å². The lowest BCUT2D eigenvalue weighted by atomic mass is 10.0. The molecule has 1 saturated carbocycles. The number of anilines is 1. The van der Waals surface area contributed by atoms with Crippen molar-refractivity contribution < 1.29 is 57.5 Å². The van der Waals surface area contributed by atoms with Gasteiger partial charge in [0, 0.05) is 169 Å². The first kappa shape index (κ1) is 101. The SMILES string of the molecule is CCn1c(-c2ccc(C(=O)N3CCC3)cc2)c(C#N)c2ccc(OC)cc21.CCn1c(-c2ccc(C(=O)NC3CC3)cc2)c(C#N)c2ccc(OC)cc21.CCn1c(-c2ccc(C(=O)NCCCN3CCOCC3)cc2)c(C#N)c2ccc(OC)cc21.CCn1c(-c2ccc(C(=O)NCCO)cc2)c(C#N)c2ccc(OC)cc21.CCn1c(-c2ccc(C(=O)Nc3ccccc3)cc2)c(C#N)c2ccc(OC)cc21. The maximum absolute atomic E-state index is 12.6. The van der Waals surface area contributed by atoms with Gasteiger partial charge in [0.05, 0.1) is 139 Å². The number of carbonyl (C=O) groups is 5. The number of benzene rings is 11. The Morgan fingerprint density at radius 3 is 0.924 bits per heavy atom. The average Bonchev–Trinajstić information content (AvgIpc) is 1.62. The second-order valence-electron chi connectivity index (χ2n) is 34.5. The molecule has 0 radical (unpaired) electrons. The molecule has 5 N–H and O–H groups in total. The van der Waals surface area contributed by atoms with Crippen molar-refractivity contribution in [2.75, 3.05) is 106 Å². The number of methoxy groups -OCH3 is 5. The minimum absolute atomic E-state index is 0.0367. The molecular formula is C116H114N16O12. The van der Waals surface area contributed by atoms with Gasteiger partial charge in [-0.1, -0.05) is 78.9 Å². The number of para-hydroxylation sites is 1. The lowest BCUT2D eigenvalue weighted by molar-refractivity contribution is 0.0374. The third-order valence-electron chi connectivity index (χ3n) is 26.1. The number of nitrogens with one attached hydrogen (secondary N) is 4. The van der Waals surface area contributed by atoms with Crippen molar-refractivity contribution >= 4 is 89.7 Å². The number of aryl methyl sites for hydroxylation is 5.